The van der Waals surface area contributed by atoms with Gasteiger partial charge >= 0.3 is 6.03 Å². The lowest BCUT2D eigenvalue weighted by Crippen LogP contribution is -2.28. The van der Waals surface area contributed by atoms with Gasteiger partial charge in [-0.05, 0) is 24.6 Å². The van der Waals surface area contributed by atoms with E-state index in [2.05, 4.69) is 15.6 Å². The number of carbonyl (C=O) groups is 1. The fourth-order valence-corrected chi connectivity index (χ4v) is 1.69. The highest BCUT2D eigenvalue weighted by Crippen LogP contribution is 2.19. The molecule has 1 heterocycles. The molecule has 8 heteroatoms. The monoisotopic (exact) mass is 281 g/mol. The summed E-state index contributed by atoms with van der Waals surface area (Å²) in [5.74, 6) is -1.81. The average molecular weight is 281 g/mol. The molecule has 0 radical (unpaired) electrons. The third-order valence-electron chi connectivity index (χ3n) is 2.82. The number of aromatic nitrogens is 3. The molecular formula is C12H13F2N5O. The zero-order valence-corrected chi connectivity index (χ0v) is 10.7. The molecule has 0 aliphatic carbocycles. The Bertz CT molecular complexity index is 628. The second-order valence-corrected chi connectivity index (χ2v) is 4.26. The van der Waals surface area contributed by atoms with Crippen LogP contribution in [0, 0.1) is 11.6 Å². The van der Waals surface area contributed by atoms with Crippen molar-refractivity contribution in [2.75, 3.05) is 0 Å². The van der Waals surface area contributed by atoms with Crippen molar-refractivity contribution in [2.24, 2.45) is 5.73 Å². The predicted molar refractivity (Wildman–Crippen MR) is 66.6 cm³/mol. The minimum atomic E-state index is -0.912. The van der Waals surface area contributed by atoms with Gasteiger partial charge in [0.25, 0.3) is 0 Å². The Morgan fingerprint density at radius 3 is 2.85 bits per heavy atom. The minimum absolute atomic E-state index is 0.153. The average Bonchev–Trinajstić information content (AvgIpc) is 2.87. The summed E-state index contributed by atoms with van der Waals surface area (Å²) in [4.78, 5) is 10.6. The van der Waals surface area contributed by atoms with Gasteiger partial charge in [0.05, 0.1) is 18.8 Å². The second-order valence-electron chi connectivity index (χ2n) is 4.26. The van der Waals surface area contributed by atoms with Crippen molar-refractivity contribution in [3.05, 3.63) is 47.3 Å². The number of rotatable bonds is 4. The number of hydrogen-bond donors (Lipinski definition) is 2. The van der Waals surface area contributed by atoms with Crippen LogP contribution in [0.2, 0.25) is 0 Å². The Kier molecular flexibility index (Phi) is 3.92. The van der Waals surface area contributed by atoms with Crippen molar-refractivity contribution >= 4 is 6.03 Å². The van der Waals surface area contributed by atoms with Gasteiger partial charge in [-0.1, -0.05) is 11.3 Å². The molecule has 2 rings (SSSR count). The van der Waals surface area contributed by atoms with E-state index in [0.29, 0.717) is 11.3 Å². The topological polar surface area (TPSA) is 85.8 Å². The Morgan fingerprint density at radius 2 is 2.20 bits per heavy atom. The Labute approximate surface area is 113 Å². The number of carbonyl (C=O) groups excluding carboxylic acids is 1. The number of amides is 2. The van der Waals surface area contributed by atoms with E-state index < -0.39 is 17.7 Å². The first-order valence-corrected chi connectivity index (χ1v) is 5.86. The molecule has 0 saturated carbocycles. The fourth-order valence-electron chi connectivity index (χ4n) is 1.69. The Hall–Kier alpha value is -2.51. The summed E-state index contributed by atoms with van der Waals surface area (Å²) in [6, 6.07) is 2.68. The summed E-state index contributed by atoms with van der Waals surface area (Å²) >= 11 is 0. The molecule has 1 aromatic carbocycles. The first-order chi connectivity index (χ1) is 9.47. The van der Waals surface area contributed by atoms with Gasteiger partial charge in [-0.3, -0.25) is 0 Å². The highest BCUT2D eigenvalue weighted by atomic mass is 19.2. The molecule has 0 spiro atoms. The maximum absolute atomic E-state index is 13.2. The van der Waals surface area contributed by atoms with Gasteiger partial charge in [-0.25, -0.2) is 18.3 Å². The predicted octanol–water partition coefficient (Wildman–Crippen LogP) is 1.33. The summed E-state index contributed by atoms with van der Waals surface area (Å²) in [5.41, 5.74) is 6.02. The molecule has 6 nitrogen and oxygen atoms in total. The lowest BCUT2D eigenvalue weighted by Gasteiger charge is -2.11. The van der Waals surface area contributed by atoms with Crippen molar-refractivity contribution in [2.45, 2.75) is 19.5 Å². The van der Waals surface area contributed by atoms with E-state index in [0.717, 1.165) is 12.1 Å². The number of hydrogen-bond acceptors (Lipinski definition) is 3. The van der Waals surface area contributed by atoms with Crippen molar-refractivity contribution in [3.63, 3.8) is 0 Å². The molecule has 3 N–H and O–H groups in total. The molecule has 0 saturated heterocycles. The Balaban J connectivity index is 2.14. The maximum atomic E-state index is 13.2. The van der Waals surface area contributed by atoms with Crippen molar-refractivity contribution < 1.29 is 13.6 Å². The molecule has 1 unspecified atom stereocenters. The van der Waals surface area contributed by atoms with Gasteiger partial charge in [-0.15, -0.1) is 5.10 Å². The van der Waals surface area contributed by atoms with Crippen LogP contribution < -0.4 is 11.1 Å². The van der Waals surface area contributed by atoms with Crippen molar-refractivity contribution in [1.82, 2.24) is 20.3 Å². The van der Waals surface area contributed by atoms with Gasteiger partial charge in [0.15, 0.2) is 11.6 Å². The molecule has 2 aromatic rings. The van der Waals surface area contributed by atoms with Crippen LogP contribution >= 0.6 is 0 Å². The van der Waals surface area contributed by atoms with Crippen LogP contribution in [0.4, 0.5) is 13.6 Å². The smallest absolute Gasteiger partial charge is 0.312 e. The second kappa shape index (κ2) is 5.64. The van der Waals surface area contributed by atoms with E-state index in [4.69, 9.17) is 5.73 Å². The number of halogens is 2. The van der Waals surface area contributed by atoms with Crippen LogP contribution in [-0.4, -0.2) is 21.0 Å². The number of nitrogens with two attached hydrogens (primary N) is 1. The molecule has 0 fully saturated rings. The number of urea groups is 1. The van der Waals surface area contributed by atoms with Gasteiger partial charge in [-0.2, -0.15) is 0 Å². The quantitative estimate of drug-likeness (QED) is 0.886. The number of primary amides is 1. The summed E-state index contributed by atoms with van der Waals surface area (Å²) in [6.07, 6.45) is 1.60. The van der Waals surface area contributed by atoms with Gasteiger partial charge < -0.3 is 11.1 Å². The Morgan fingerprint density at radius 1 is 1.45 bits per heavy atom. The molecule has 0 aliphatic heterocycles. The molecule has 1 aromatic heterocycles. The molecule has 106 valence electrons. The summed E-state index contributed by atoms with van der Waals surface area (Å²) in [7, 11) is 0. The number of nitrogens with zero attached hydrogens (tertiary/aromatic N) is 3. The van der Waals surface area contributed by atoms with Crippen LogP contribution in [0.3, 0.4) is 0 Å². The van der Waals surface area contributed by atoms with E-state index in [-0.39, 0.29) is 12.6 Å². The molecule has 0 bridgehead atoms. The SMILES string of the molecule is CC(c1ccc(F)c(F)c1)n1cc(CNC(N)=O)nn1. The van der Waals surface area contributed by atoms with Crippen LogP contribution in [-0.2, 0) is 6.54 Å². The largest absolute Gasteiger partial charge is 0.352 e. The van der Waals surface area contributed by atoms with Crippen LogP contribution in [0.25, 0.3) is 0 Å². The first kappa shape index (κ1) is 13.9. The maximum Gasteiger partial charge on any atom is 0.312 e. The van der Waals surface area contributed by atoms with E-state index in [9.17, 15) is 13.6 Å². The highest BCUT2D eigenvalue weighted by Gasteiger charge is 2.13. The normalized spacial score (nSPS) is 12.2. The van der Waals surface area contributed by atoms with E-state index in [1.807, 2.05) is 0 Å². The third-order valence-corrected chi connectivity index (χ3v) is 2.82. The lowest BCUT2D eigenvalue weighted by atomic mass is 10.1. The zero-order chi connectivity index (χ0) is 14.7. The third kappa shape index (κ3) is 3.08. The highest BCUT2D eigenvalue weighted by molar-refractivity contribution is 5.71. The zero-order valence-electron chi connectivity index (χ0n) is 10.7. The summed E-state index contributed by atoms with van der Waals surface area (Å²) < 4.78 is 27.6. The molecule has 20 heavy (non-hydrogen) atoms. The first-order valence-electron chi connectivity index (χ1n) is 5.86. The molecular weight excluding hydrogens is 268 g/mol. The van der Waals surface area contributed by atoms with Crippen LogP contribution in [0.1, 0.15) is 24.2 Å². The van der Waals surface area contributed by atoms with Crippen molar-refractivity contribution in [1.29, 1.82) is 0 Å². The standard InChI is InChI=1S/C12H13F2N5O/c1-7(8-2-3-10(13)11(14)4-8)19-6-9(17-18-19)5-16-12(15)20/h2-4,6-7H,5H2,1H3,(H3,15,16,20). The summed E-state index contributed by atoms with van der Waals surface area (Å²) in [6.45, 7) is 1.92. The number of nitrogens with one attached hydrogen (secondary N) is 1. The van der Waals surface area contributed by atoms with E-state index in [1.165, 1.54) is 10.7 Å². The summed E-state index contributed by atoms with van der Waals surface area (Å²) in [5, 5.41) is 10.1. The number of benzene rings is 1. The van der Waals surface area contributed by atoms with Gasteiger partial charge in [0.1, 0.15) is 5.69 Å². The van der Waals surface area contributed by atoms with Gasteiger partial charge in [0.2, 0.25) is 0 Å². The molecule has 2 amide bonds. The van der Waals surface area contributed by atoms with Crippen LogP contribution in [0.15, 0.2) is 24.4 Å². The lowest BCUT2D eigenvalue weighted by molar-refractivity contribution is 0.248. The van der Waals surface area contributed by atoms with E-state index in [1.54, 1.807) is 13.1 Å². The van der Waals surface area contributed by atoms with Gasteiger partial charge in [0, 0.05) is 0 Å². The molecule has 1 atom stereocenters. The minimum Gasteiger partial charge on any atom is -0.352 e. The van der Waals surface area contributed by atoms with Crippen LogP contribution in [0.5, 0.6) is 0 Å². The van der Waals surface area contributed by atoms with Crippen molar-refractivity contribution in [3.8, 4) is 0 Å². The fraction of sp³-hybridized carbons (Fsp3) is 0.250. The molecule has 0 aliphatic rings. The van der Waals surface area contributed by atoms with E-state index >= 15 is 0 Å².